The van der Waals surface area contributed by atoms with Crippen LogP contribution < -0.4 is 5.32 Å². The number of ether oxygens (including phenoxy) is 3. The van der Waals surface area contributed by atoms with Crippen molar-refractivity contribution >= 4 is 0 Å². The van der Waals surface area contributed by atoms with Crippen LogP contribution in [-0.4, -0.2) is 72.7 Å². The van der Waals surface area contributed by atoms with E-state index in [1.165, 1.54) is 38.5 Å². The third-order valence-electron chi connectivity index (χ3n) is 7.01. The fourth-order valence-corrected chi connectivity index (χ4v) is 6.32. The number of morpholine rings is 3. The average Bonchev–Trinajstić information content (AvgIpc) is 2.55. The maximum Gasteiger partial charge on any atom is 0.0884 e. The van der Waals surface area contributed by atoms with Crippen LogP contribution in [0.15, 0.2) is 0 Å². The molecule has 6 aliphatic rings. The van der Waals surface area contributed by atoms with Gasteiger partial charge in [-0.25, -0.2) is 0 Å². The molecule has 0 aromatic carbocycles. The van der Waals surface area contributed by atoms with Gasteiger partial charge >= 0.3 is 0 Å². The first-order valence-electron chi connectivity index (χ1n) is 9.35. The SMILES string of the molecule is C1CC2OC3CCCC4OC5CNCC6OC(C1)C2N(C34)C65. The largest absolute Gasteiger partial charge is 0.372 e. The van der Waals surface area contributed by atoms with Crippen molar-refractivity contribution in [2.24, 2.45) is 0 Å². The van der Waals surface area contributed by atoms with Crippen LogP contribution in [0.2, 0.25) is 0 Å². The lowest BCUT2D eigenvalue weighted by Gasteiger charge is -2.67. The third-order valence-corrected chi connectivity index (χ3v) is 7.01. The predicted molar refractivity (Wildman–Crippen MR) is 79.8 cm³/mol. The van der Waals surface area contributed by atoms with E-state index in [0.717, 1.165) is 13.1 Å². The van der Waals surface area contributed by atoms with Crippen molar-refractivity contribution in [3.63, 3.8) is 0 Å². The molecule has 122 valence electrons. The lowest BCUT2D eigenvalue weighted by Crippen LogP contribution is -2.83. The van der Waals surface area contributed by atoms with E-state index < -0.39 is 0 Å². The van der Waals surface area contributed by atoms with Crippen molar-refractivity contribution in [1.82, 2.24) is 10.2 Å². The molecule has 4 heterocycles. The van der Waals surface area contributed by atoms with Gasteiger partial charge in [0.1, 0.15) is 0 Å². The summed E-state index contributed by atoms with van der Waals surface area (Å²) >= 11 is 0. The van der Waals surface area contributed by atoms with Crippen molar-refractivity contribution in [2.75, 3.05) is 13.1 Å². The highest BCUT2D eigenvalue weighted by molar-refractivity contribution is 5.14. The minimum absolute atomic E-state index is 0.306. The molecule has 6 fully saturated rings. The smallest absolute Gasteiger partial charge is 0.0884 e. The number of hydrogen-bond donors (Lipinski definition) is 1. The summed E-state index contributed by atoms with van der Waals surface area (Å²) in [4.78, 5) is 2.87. The number of rotatable bonds is 0. The van der Waals surface area contributed by atoms with Crippen LogP contribution in [0.25, 0.3) is 0 Å². The quantitative estimate of drug-likeness (QED) is 0.712. The van der Waals surface area contributed by atoms with Gasteiger partial charge in [0, 0.05) is 13.1 Å². The van der Waals surface area contributed by atoms with Gasteiger partial charge in [0.25, 0.3) is 0 Å². The van der Waals surface area contributed by atoms with E-state index in [2.05, 4.69) is 10.2 Å². The highest BCUT2D eigenvalue weighted by Crippen LogP contribution is 2.48. The molecule has 0 bridgehead atoms. The van der Waals surface area contributed by atoms with Crippen molar-refractivity contribution in [2.45, 2.75) is 93.3 Å². The van der Waals surface area contributed by atoms with Crippen LogP contribution in [0.1, 0.15) is 38.5 Å². The van der Waals surface area contributed by atoms with Crippen molar-refractivity contribution in [1.29, 1.82) is 0 Å². The minimum Gasteiger partial charge on any atom is -0.372 e. The van der Waals surface area contributed by atoms with Crippen molar-refractivity contribution < 1.29 is 14.2 Å². The van der Waals surface area contributed by atoms with Gasteiger partial charge < -0.3 is 19.5 Å². The van der Waals surface area contributed by atoms with E-state index in [4.69, 9.17) is 14.2 Å². The maximum absolute atomic E-state index is 6.59. The zero-order valence-electron chi connectivity index (χ0n) is 13.0. The van der Waals surface area contributed by atoms with Gasteiger partial charge in [-0.2, -0.15) is 0 Å². The summed E-state index contributed by atoms with van der Waals surface area (Å²) in [5, 5.41) is 3.54. The Hall–Kier alpha value is -0.200. The molecular formula is C17H26N2O3. The molecule has 4 saturated heterocycles. The summed E-state index contributed by atoms with van der Waals surface area (Å²) in [5.74, 6) is 0. The monoisotopic (exact) mass is 306 g/mol. The molecule has 2 saturated carbocycles. The summed E-state index contributed by atoms with van der Waals surface area (Å²) in [7, 11) is 0. The van der Waals surface area contributed by atoms with Crippen LogP contribution in [0.5, 0.6) is 0 Å². The van der Waals surface area contributed by atoms with Gasteiger partial charge in [0.15, 0.2) is 0 Å². The molecule has 0 amide bonds. The molecule has 1 N–H and O–H groups in total. The van der Waals surface area contributed by atoms with Crippen LogP contribution in [0.4, 0.5) is 0 Å². The Bertz CT molecular complexity index is 378. The molecule has 0 radical (unpaired) electrons. The summed E-state index contributed by atoms with van der Waals surface area (Å²) < 4.78 is 19.7. The Morgan fingerprint density at radius 2 is 1.00 bits per heavy atom. The van der Waals surface area contributed by atoms with E-state index in [-0.39, 0.29) is 0 Å². The van der Waals surface area contributed by atoms with Gasteiger partial charge in [0.05, 0.1) is 54.7 Å². The number of nitrogens with zero attached hydrogens (tertiary/aromatic N) is 1. The Kier molecular flexibility index (Phi) is 2.79. The van der Waals surface area contributed by atoms with Crippen molar-refractivity contribution in [3.8, 4) is 0 Å². The van der Waals surface area contributed by atoms with Crippen LogP contribution in [0, 0.1) is 0 Å². The number of piperidine rings is 1. The Morgan fingerprint density at radius 1 is 0.591 bits per heavy atom. The van der Waals surface area contributed by atoms with Gasteiger partial charge in [0.2, 0.25) is 0 Å². The molecule has 8 unspecified atom stereocenters. The van der Waals surface area contributed by atoms with Crippen LogP contribution >= 0.6 is 0 Å². The van der Waals surface area contributed by atoms with E-state index >= 15 is 0 Å². The molecule has 8 atom stereocenters. The Labute approximate surface area is 131 Å². The first kappa shape index (κ1) is 13.1. The standard InChI is InChI=1S/C17H26N2O3/c1-3-9-15-11(5-1)21-13-7-18-8-14-17(13)19(15)16-10(20-9)4-2-6-12(16)22-14/h9-18H,1-8H2. The predicted octanol–water partition coefficient (Wildman–Crippen LogP) is 0.667. The van der Waals surface area contributed by atoms with Crippen LogP contribution in [-0.2, 0) is 14.2 Å². The summed E-state index contributed by atoms with van der Waals surface area (Å²) in [6, 6.07) is 1.43. The fraction of sp³-hybridized carbons (Fsp3) is 1.00. The lowest BCUT2D eigenvalue weighted by molar-refractivity contribution is -0.330. The first-order valence-corrected chi connectivity index (χ1v) is 9.35. The zero-order valence-corrected chi connectivity index (χ0v) is 13.0. The third kappa shape index (κ3) is 1.62. The second-order valence-corrected chi connectivity index (χ2v) is 8.08. The summed E-state index contributed by atoms with van der Waals surface area (Å²) in [6.07, 6.45) is 9.52. The Morgan fingerprint density at radius 3 is 1.50 bits per heavy atom. The van der Waals surface area contributed by atoms with E-state index in [1.54, 1.807) is 0 Å². The summed E-state index contributed by atoms with van der Waals surface area (Å²) in [6.45, 7) is 1.97. The first-order chi connectivity index (χ1) is 10.9. The molecular weight excluding hydrogens is 280 g/mol. The topological polar surface area (TPSA) is 43.0 Å². The van der Waals surface area contributed by atoms with E-state index in [0.29, 0.717) is 54.7 Å². The molecule has 2 aliphatic carbocycles. The minimum atomic E-state index is 0.306. The molecule has 0 aromatic rings. The fourth-order valence-electron chi connectivity index (χ4n) is 6.32. The molecule has 0 spiro atoms. The molecule has 5 nitrogen and oxygen atoms in total. The second kappa shape index (κ2) is 4.67. The molecule has 5 heteroatoms. The highest BCUT2D eigenvalue weighted by Gasteiger charge is 2.62. The average molecular weight is 306 g/mol. The zero-order chi connectivity index (χ0) is 14.3. The van der Waals surface area contributed by atoms with Gasteiger partial charge in [-0.1, -0.05) is 0 Å². The molecule has 22 heavy (non-hydrogen) atoms. The molecule has 6 rings (SSSR count). The van der Waals surface area contributed by atoms with Gasteiger partial charge in [-0.15, -0.1) is 0 Å². The highest BCUT2D eigenvalue weighted by atomic mass is 16.5. The van der Waals surface area contributed by atoms with Crippen molar-refractivity contribution in [3.05, 3.63) is 0 Å². The lowest BCUT2D eigenvalue weighted by atomic mass is 9.74. The Balaban J connectivity index is 1.46. The summed E-state index contributed by atoms with van der Waals surface area (Å²) in [5.41, 5.74) is 0. The van der Waals surface area contributed by atoms with Gasteiger partial charge in [-0.05, 0) is 38.5 Å². The van der Waals surface area contributed by atoms with E-state index in [9.17, 15) is 0 Å². The number of hydrogen-bond acceptors (Lipinski definition) is 5. The van der Waals surface area contributed by atoms with E-state index in [1.807, 2.05) is 0 Å². The maximum atomic E-state index is 6.59. The van der Waals surface area contributed by atoms with Gasteiger partial charge in [-0.3, -0.25) is 4.90 Å². The molecule has 0 aromatic heterocycles. The second-order valence-electron chi connectivity index (χ2n) is 8.08. The van der Waals surface area contributed by atoms with Crippen LogP contribution in [0.3, 0.4) is 0 Å². The number of nitrogens with one attached hydrogen (secondary N) is 1. The normalized spacial score (nSPS) is 59.7. The molecule has 4 aliphatic heterocycles.